The molecule has 0 saturated heterocycles. The first-order chi connectivity index (χ1) is 7.79. The second kappa shape index (κ2) is 4.72. The Balaban J connectivity index is 2.28. The van der Waals surface area contributed by atoms with Gasteiger partial charge in [0.25, 0.3) is 0 Å². The first kappa shape index (κ1) is 10.6. The average molecular weight is 219 g/mol. The van der Waals surface area contributed by atoms with Gasteiger partial charge in [-0.15, -0.1) is 0 Å². The van der Waals surface area contributed by atoms with Gasteiger partial charge in [-0.3, -0.25) is 4.98 Å². The Morgan fingerprint density at radius 1 is 1.31 bits per heavy atom. The molecular formula is C12H10FNO2. The molecule has 16 heavy (non-hydrogen) atoms. The molecule has 0 aliphatic rings. The van der Waals surface area contributed by atoms with Crippen LogP contribution in [-0.4, -0.2) is 10.1 Å². The summed E-state index contributed by atoms with van der Waals surface area (Å²) in [4.78, 5) is 3.89. The summed E-state index contributed by atoms with van der Waals surface area (Å²) in [6.45, 7) is -0.270. The highest BCUT2D eigenvalue weighted by Crippen LogP contribution is 2.25. The Hall–Kier alpha value is -1.94. The highest BCUT2D eigenvalue weighted by molar-refractivity contribution is 5.37. The van der Waals surface area contributed by atoms with Crippen LogP contribution in [-0.2, 0) is 6.61 Å². The number of aromatic nitrogens is 1. The molecule has 0 atom stereocenters. The van der Waals surface area contributed by atoms with Gasteiger partial charge in [0, 0.05) is 11.8 Å². The van der Waals surface area contributed by atoms with Crippen LogP contribution < -0.4 is 4.74 Å². The lowest BCUT2D eigenvalue weighted by atomic mass is 10.2. The van der Waals surface area contributed by atoms with Gasteiger partial charge in [-0.1, -0.05) is 0 Å². The van der Waals surface area contributed by atoms with Crippen molar-refractivity contribution >= 4 is 0 Å². The van der Waals surface area contributed by atoms with Gasteiger partial charge in [-0.05, 0) is 30.3 Å². The highest BCUT2D eigenvalue weighted by atomic mass is 19.1. The molecule has 1 N–H and O–H groups in total. The topological polar surface area (TPSA) is 42.4 Å². The van der Waals surface area contributed by atoms with E-state index in [2.05, 4.69) is 4.98 Å². The molecule has 0 unspecified atom stereocenters. The van der Waals surface area contributed by atoms with Crippen LogP contribution in [0, 0.1) is 5.82 Å². The van der Waals surface area contributed by atoms with E-state index in [-0.39, 0.29) is 6.61 Å². The molecule has 2 aromatic rings. The van der Waals surface area contributed by atoms with Crippen LogP contribution in [0.1, 0.15) is 5.56 Å². The minimum absolute atomic E-state index is 0.270. The number of ether oxygens (including phenoxy) is 1. The molecule has 2 rings (SSSR count). The zero-order valence-electron chi connectivity index (χ0n) is 8.43. The van der Waals surface area contributed by atoms with Crippen molar-refractivity contribution in [3.63, 3.8) is 0 Å². The Morgan fingerprint density at radius 2 is 2.19 bits per heavy atom. The Labute approximate surface area is 92.1 Å². The summed E-state index contributed by atoms with van der Waals surface area (Å²) < 4.78 is 18.4. The van der Waals surface area contributed by atoms with Gasteiger partial charge in [0.2, 0.25) is 0 Å². The average Bonchev–Trinajstić information content (AvgIpc) is 2.33. The van der Waals surface area contributed by atoms with Crippen LogP contribution >= 0.6 is 0 Å². The fraction of sp³-hybridized carbons (Fsp3) is 0.0833. The van der Waals surface area contributed by atoms with Crippen LogP contribution in [0.25, 0.3) is 0 Å². The van der Waals surface area contributed by atoms with Gasteiger partial charge in [-0.25, -0.2) is 4.39 Å². The minimum Gasteiger partial charge on any atom is -0.455 e. The van der Waals surface area contributed by atoms with Crippen LogP contribution in [0.5, 0.6) is 11.5 Å². The standard InChI is InChI=1S/C12H10FNO2/c13-10-3-4-12(9(6-10)8-15)16-11-2-1-5-14-7-11/h1-7,15H,8H2. The molecule has 4 heteroatoms. The minimum atomic E-state index is -0.400. The number of halogens is 1. The van der Waals surface area contributed by atoms with E-state index in [0.29, 0.717) is 17.1 Å². The smallest absolute Gasteiger partial charge is 0.145 e. The van der Waals surface area contributed by atoms with E-state index in [4.69, 9.17) is 9.84 Å². The lowest BCUT2D eigenvalue weighted by Gasteiger charge is -2.08. The Kier molecular flexibility index (Phi) is 3.12. The number of rotatable bonds is 3. The number of benzene rings is 1. The summed E-state index contributed by atoms with van der Waals surface area (Å²) in [6, 6.07) is 7.47. The molecule has 1 aromatic carbocycles. The van der Waals surface area contributed by atoms with E-state index in [1.165, 1.54) is 18.2 Å². The fourth-order valence-corrected chi connectivity index (χ4v) is 1.31. The molecule has 82 valence electrons. The normalized spacial score (nSPS) is 10.1. The van der Waals surface area contributed by atoms with Gasteiger partial charge in [-0.2, -0.15) is 0 Å². The maximum atomic E-state index is 12.9. The third-order valence-corrected chi connectivity index (χ3v) is 2.06. The van der Waals surface area contributed by atoms with E-state index in [9.17, 15) is 4.39 Å². The molecule has 1 heterocycles. The van der Waals surface area contributed by atoms with E-state index in [1.807, 2.05) is 0 Å². The number of pyridine rings is 1. The van der Waals surface area contributed by atoms with Crippen molar-refractivity contribution in [3.05, 3.63) is 54.1 Å². The summed E-state index contributed by atoms with van der Waals surface area (Å²) >= 11 is 0. The fourth-order valence-electron chi connectivity index (χ4n) is 1.31. The van der Waals surface area contributed by atoms with E-state index < -0.39 is 5.82 Å². The van der Waals surface area contributed by atoms with Gasteiger partial charge in [0.15, 0.2) is 0 Å². The predicted octanol–water partition coefficient (Wildman–Crippen LogP) is 2.51. The van der Waals surface area contributed by atoms with Gasteiger partial charge >= 0.3 is 0 Å². The molecule has 0 bridgehead atoms. The van der Waals surface area contributed by atoms with Crippen LogP contribution in [0.3, 0.4) is 0 Å². The van der Waals surface area contributed by atoms with Crippen LogP contribution in [0.2, 0.25) is 0 Å². The molecule has 1 aromatic heterocycles. The monoisotopic (exact) mass is 219 g/mol. The van der Waals surface area contributed by atoms with Gasteiger partial charge in [0.1, 0.15) is 17.3 Å². The number of nitrogens with zero attached hydrogens (tertiary/aromatic N) is 1. The summed E-state index contributed by atoms with van der Waals surface area (Å²) in [5.74, 6) is 0.572. The maximum Gasteiger partial charge on any atom is 0.145 e. The molecule has 0 amide bonds. The Bertz CT molecular complexity index is 474. The molecule has 0 radical (unpaired) electrons. The third-order valence-electron chi connectivity index (χ3n) is 2.06. The maximum absolute atomic E-state index is 12.9. The quantitative estimate of drug-likeness (QED) is 0.862. The number of hydrogen-bond acceptors (Lipinski definition) is 3. The van der Waals surface area contributed by atoms with Crippen molar-refractivity contribution in [2.75, 3.05) is 0 Å². The molecule has 0 saturated carbocycles. The summed E-state index contributed by atoms with van der Waals surface area (Å²) in [7, 11) is 0. The van der Waals surface area contributed by atoms with Gasteiger partial charge < -0.3 is 9.84 Å². The largest absolute Gasteiger partial charge is 0.455 e. The second-order valence-electron chi connectivity index (χ2n) is 3.20. The lowest BCUT2D eigenvalue weighted by Crippen LogP contribution is -1.93. The molecule has 0 fully saturated rings. The molecule has 0 spiro atoms. The zero-order valence-corrected chi connectivity index (χ0v) is 8.43. The van der Waals surface area contributed by atoms with E-state index >= 15 is 0 Å². The number of aliphatic hydroxyl groups is 1. The van der Waals surface area contributed by atoms with Crippen molar-refractivity contribution in [2.24, 2.45) is 0 Å². The molecule has 0 aliphatic carbocycles. The van der Waals surface area contributed by atoms with Crippen molar-refractivity contribution in [1.82, 2.24) is 4.98 Å². The molecule has 0 aliphatic heterocycles. The van der Waals surface area contributed by atoms with Crippen LogP contribution in [0.4, 0.5) is 4.39 Å². The zero-order chi connectivity index (χ0) is 11.4. The van der Waals surface area contributed by atoms with Crippen molar-refractivity contribution in [2.45, 2.75) is 6.61 Å². The third kappa shape index (κ3) is 2.35. The first-order valence-electron chi connectivity index (χ1n) is 4.77. The van der Waals surface area contributed by atoms with Crippen molar-refractivity contribution in [1.29, 1.82) is 0 Å². The SMILES string of the molecule is OCc1cc(F)ccc1Oc1cccnc1. The first-order valence-corrected chi connectivity index (χ1v) is 4.77. The summed E-state index contributed by atoms with van der Waals surface area (Å²) in [5, 5.41) is 9.06. The summed E-state index contributed by atoms with van der Waals surface area (Å²) in [5.41, 5.74) is 0.406. The van der Waals surface area contributed by atoms with E-state index in [1.54, 1.807) is 24.5 Å². The lowest BCUT2D eigenvalue weighted by molar-refractivity contribution is 0.275. The second-order valence-corrected chi connectivity index (χ2v) is 3.20. The van der Waals surface area contributed by atoms with Gasteiger partial charge in [0.05, 0.1) is 12.8 Å². The summed E-state index contributed by atoms with van der Waals surface area (Å²) in [6.07, 6.45) is 3.18. The highest BCUT2D eigenvalue weighted by Gasteiger charge is 2.05. The van der Waals surface area contributed by atoms with E-state index in [0.717, 1.165) is 0 Å². The van der Waals surface area contributed by atoms with Crippen LogP contribution in [0.15, 0.2) is 42.7 Å². The number of hydrogen-bond donors (Lipinski definition) is 1. The molecule has 3 nitrogen and oxygen atoms in total. The molecular weight excluding hydrogens is 209 g/mol. The van der Waals surface area contributed by atoms with Crippen molar-refractivity contribution < 1.29 is 14.2 Å². The Morgan fingerprint density at radius 3 is 2.88 bits per heavy atom. The number of aliphatic hydroxyl groups excluding tert-OH is 1. The van der Waals surface area contributed by atoms with Crippen molar-refractivity contribution in [3.8, 4) is 11.5 Å². The predicted molar refractivity (Wildman–Crippen MR) is 56.6 cm³/mol.